The van der Waals surface area contributed by atoms with Crippen molar-refractivity contribution in [3.8, 4) is 11.8 Å². The van der Waals surface area contributed by atoms with E-state index in [1.54, 1.807) is 12.1 Å². The minimum atomic E-state index is -0.969. The molecule has 2 fully saturated rings. The maximum atomic E-state index is 14.0. The zero-order valence-corrected chi connectivity index (χ0v) is 15.3. The molecule has 4 nitrogen and oxygen atoms in total. The normalized spacial score (nSPS) is 27.8. The average molecular weight is 345 g/mol. The molecule has 0 N–H and O–H groups in total. The predicted molar refractivity (Wildman–Crippen MR) is 94.7 cm³/mol. The number of nitriles is 1. The van der Waals surface area contributed by atoms with Gasteiger partial charge in [0.1, 0.15) is 24.1 Å². The van der Waals surface area contributed by atoms with Gasteiger partial charge in [-0.05, 0) is 64.6 Å². The van der Waals surface area contributed by atoms with Crippen LogP contribution in [0.15, 0.2) is 18.2 Å². The van der Waals surface area contributed by atoms with Gasteiger partial charge in [-0.25, -0.2) is 4.39 Å². The molecular formula is C19H25BFNO3. The lowest BCUT2D eigenvalue weighted by Gasteiger charge is -2.32. The average Bonchev–Trinajstić information content (AvgIpc) is 2.78. The van der Waals surface area contributed by atoms with E-state index in [9.17, 15) is 9.65 Å². The third kappa shape index (κ3) is 3.54. The van der Waals surface area contributed by atoms with Crippen molar-refractivity contribution in [2.24, 2.45) is 0 Å². The lowest BCUT2D eigenvalue weighted by Crippen LogP contribution is -2.41. The number of ether oxygens (including phenoxy) is 1. The van der Waals surface area contributed by atoms with Gasteiger partial charge in [0.15, 0.2) is 0 Å². The van der Waals surface area contributed by atoms with Crippen LogP contribution in [-0.4, -0.2) is 30.6 Å². The van der Waals surface area contributed by atoms with Crippen LogP contribution in [0.25, 0.3) is 0 Å². The van der Waals surface area contributed by atoms with Crippen LogP contribution in [0, 0.1) is 11.3 Å². The summed E-state index contributed by atoms with van der Waals surface area (Å²) in [6.45, 7) is 7.95. The molecule has 1 aromatic rings. The standard InChI is InChI=1S/C19H25BFNO3/c1-18(2)19(3,4)25-20(24-18)14-9-10-16(13(11-14)12-22)23-17-8-6-5-7-15(17)21/h9-11,15,17H,5-8H2,1-4H3/t15-,17+/m1/s1. The molecule has 6 heteroatoms. The van der Waals surface area contributed by atoms with Crippen LogP contribution >= 0.6 is 0 Å². The van der Waals surface area contributed by atoms with Crippen molar-refractivity contribution in [2.75, 3.05) is 0 Å². The molecule has 134 valence electrons. The molecule has 25 heavy (non-hydrogen) atoms. The summed E-state index contributed by atoms with van der Waals surface area (Å²) in [4.78, 5) is 0. The second-order valence-corrected chi connectivity index (χ2v) is 7.91. The van der Waals surface area contributed by atoms with Gasteiger partial charge in [0.25, 0.3) is 0 Å². The Morgan fingerprint density at radius 2 is 1.80 bits per heavy atom. The lowest BCUT2D eigenvalue weighted by atomic mass is 9.78. The second-order valence-electron chi connectivity index (χ2n) is 7.91. The van der Waals surface area contributed by atoms with Crippen molar-refractivity contribution in [2.45, 2.75) is 76.9 Å². The molecule has 0 spiro atoms. The Morgan fingerprint density at radius 3 is 2.40 bits per heavy atom. The highest BCUT2D eigenvalue weighted by Crippen LogP contribution is 2.37. The molecular weight excluding hydrogens is 320 g/mol. The van der Waals surface area contributed by atoms with E-state index in [4.69, 9.17) is 14.0 Å². The second kappa shape index (κ2) is 6.62. The number of hydrogen-bond donors (Lipinski definition) is 0. The monoisotopic (exact) mass is 345 g/mol. The van der Waals surface area contributed by atoms with Crippen LogP contribution in [0.5, 0.6) is 5.75 Å². The van der Waals surface area contributed by atoms with E-state index in [-0.39, 0.29) is 0 Å². The van der Waals surface area contributed by atoms with Gasteiger partial charge in [-0.1, -0.05) is 12.5 Å². The summed E-state index contributed by atoms with van der Waals surface area (Å²) in [5, 5.41) is 9.48. The number of halogens is 1. The quantitative estimate of drug-likeness (QED) is 0.787. The summed E-state index contributed by atoms with van der Waals surface area (Å²) in [7, 11) is -0.533. The van der Waals surface area contributed by atoms with Crippen molar-refractivity contribution in [3.05, 3.63) is 23.8 Å². The fourth-order valence-electron chi connectivity index (χ4n) is 3.21. The van der Waals surface area contributed by atoms with Crippen LogP contribution in [0.2, 0.25) is 0 Å². The first-order chi connectivity index (χ1) is 11.7. The van der Waals surface area contributed by atoms with E-state index >= 15 is 0 Å². The SMILES string of the molecule is CC1(C)OB(c2ccc(O[C@H]3CCCC[C@H]3F)c(C#N)c2)OC1(C)C. The lowest BCUT2D eigenvalue weighted by molar-refractivity contribution is 0.00578. The Kier molecular flexibility index (Phi) is 4.83. The molecule has 3 rings (SSSR count). The fourth-order valence-corrected chi connectivity index (χ4v) is 3.21. The van der Waals surface area contributed by atoms with Gasteiger partial charge in [0.05, 0.1) is 16.8 Å². The molecule has 0 radical (unpaired) electrons. The molecule has 0 aromatic heterocycles. The van der Waals surface area contributed by atoms with Crippen molar-refractivity contribution >= 4 is 12.6 Å². The van der Waals surface area contributed by atoms with Gasteiger partial charge in [0.2, 0.25) is 0 Å². The highest BCUT2D eigenvalue weighted by Gasteiger charge is 2.51. The van der Waals surface area contributed by atoms with Crippen LogP contribution in [0.3, 0.4) is 0 Å². The molecule has 1 heterocycles. The van der Waals surface area contributed by atoms with Crippen molar-refractivity contribution in [1.82, 2.24) is 0 Å². The van der Waals surface area contributed by atoms with Gasteiger partial charge in [-0.3, -0.25) is 0 Å². The zero-order chi connectivity index (χ0) is 18.2. The Hall–Kier alpha value is -1.58. The summed E-state index contributed by atoms with van der Waals surface area (Å²) in [5.74, 6) is 0.428. The Balaban J connectivity index is 1.80. The van der Waals surface area contributed by atoms with Crippen LogP contribution in [0.4, 0.5) is 4.39 Å². The molecule has 0 unspecified atom stereocenters. The van der Waals surface area contributed by atoms with Gasteiger partial charge in [0, 0.05) is 0 Å². The number of hydrogen-bond acceptors (Lipinski definition) is 4. The largest absolute Gasteiger partial charge is 0.494 e. The van der Waals surface area contributed by atoms with E-state index in [1.165, 1.54) is 0 Å². The van der Waals surface area contributed by atoms with Gasteiger partial charge >= 0.3 is 7.12 Å². The van der Waals surface area contributed by atoms with Crippen molar-refractivity contribution in [3.63, 3.8) is 0 Å². The summed E-state index contributed by atoms with van der Waals surface area (Å²) in [6, 6.07) is 7.41. The van der Waals surface area contributed by atoms with Gasteiger partial charge < -0.3 is 14.0 Å². The van der Waals surface area contributed by atoms with Crippen molar-refractivity contribution in [1.29, 1.82) is 5.26 Å². The van der Waals surface area contributed by atoms with E-state index in [0.29, 0.717) is 24.2 Å². The van der Waals surface area contributed by atoms with Crippen molar-refractivity contribution < 1.29 is 18.4 Å². The summed E-state index contributed by atoms with van der Waals surface area (Å²) in [5.41, 5.74) is 0.264. The zero-order valence-electron chi connectivity index (χ0n) is 15.3. The fraction of sp³-hybridized carbons (Fsp3) is 0.632. The highest BCUT2D eigenvalue weighted by molar-refractivity contribution is 6.62. The van der Waals surface area contributed by atoms with Gasteiger partial charge in [-0.15, -0.1) is 0 Å². The molecule has 2 atom stereocenters. The van der Waals surface area contributed by atoms with E-state index < -0.39 is 30.6 Å². The van der Waals surface area contributed by atoms with E-state index in [2.05, 4.69) is 6.07 Å². The van der Waals surface area contributed by atoms with Gasteiger partial charge in [-0.2, -0.15) is 5.26 Å². The Morgan fingerprint density at radius 1 is 1.16 bits per heavy atom. The summed E-state index contributed by atoms with van der Waals surface area (Å²) in [6.07, 6.45) is 1.63. The van der Waals surface area contributed by atoms with Crippen LogP contribution in [0.1, 0.15) is 58.9 Å². The number of alkyl halides is 1. The molecule has 1 aliphatic carbocycles. The minimum Gasteiger partial charge on any atom is -0.486 e. The smallest absolute Gasteiger partial charge is 0.486 e. The predicted octanol–water partition coefficient (Wildman–Crippen LogP) is 3.52. The Labute approximate surface area is 149 Å². The summed E-state index contributed by atoms with van der Waals surface area (Å²) >= 11 is 0. The molecule has 1 saturated heterocycles. The first-order valence-electron chi connectivity index (χ1n) is 8.94. The molecule has 1 aromatic carbocycles. The molecule has 0 bridgehead atoms. The summed E-state index contributed by atoms with van der Waals surface area (Å²) < 4.78 is 31.9. The maximum absolute atomic E-state index is 14.0. The number of nitrogens with zero attached hydrogens (tertiary/aromatic N) is 1. The minimum absolute atomic E-state index is 0.380. The van der Waals surface area contributed by atoms with E-state index in [0.717, 1.165) is 18.3 Å². The third-order valence-electron chi connectivity index (χ3n) is 5.55. The molecule has 1 aliphatic heterocycles. The molecule has 2 aliphatic rings. The molecule has 0 amide bonds. The number of benzene rings is 1. The van der Waals surface area contributed by atoms with E-state index in [1.807, 2.05) is 33.8 Å². The Bertz CT molecular complexity index is 670. The highest BCUT2D eigenvalue weighted by atomic mass is 19.1. The molecule has 1 saturated carbocycles. The first kappa shape index (κ1) is 18.2. The van der Waals surface area contributed by atoms with Crippen LogP contribution < -0.4 is 10.2 Å². The number of rotatable bonds is 3. The third-order valence-corrected chi connectivity index (χ3v) is 5.55. The topological polar surface area (TPSA) is 51.5 Å². The first-order valence-corrected chi connectivity index (χ1v) is 8.94. The maximum Gasteiger partial charge on any atom is 0.494 e. The van der Waals surface area contributed by atoms with Crippen LogP contribution in [-0.2, 0) is 9.31 Å².